The first-order valence-corrected chi connectivity index (χ1v) is 5.16. The van der Waals surface area contributed by atoms with Crippen LogP contribution in [0.25, 0.3) is 0 Å². The molecule has 3 N–H and O–H groups in total. The van der Waals surface area contributed by atoms with Crippen molar-refractivity contribution in [2.75, 3.05) is 13.1 Å². The number of primary amides is 1. The van der Waals surface area contributed by atoms with E-state index < -0.39 is 5.91 Å². The predicted molar refractivity (Wildman–Crippen MR) is 58.5 cm³/mol. The van der Waals surface area contributed by atoms with Gasteiger partial charge in [-0.2, -0.15) is 0 Å². The molecular formula is C10H14N4O2. The van der Waals surface area contributed by atoms with E-state index in [1.54, 1.807) is 18.0 Å². The average Bonchev–Trinajstić information content (AvgIpc) is 2.27. The number of piperidine rings is 1. The summed E-state index contributed by atoms with van der Waals surface area (Å²) in [6.45, 7) is 2.80. The second kappa shape index (κ2) is 3.96. The maximum absolute atomic E-state index is 11.2. The molecule has 1 fully saturated rings. The number of aliphatic imine (C=N–C) groups is 1. The number of hydrogen-bond acceptors (Lipinski definition) is 4. The van der Waals surface area contributed by atoms with E-state index in [0.717, 1.165) is 12.0 Å². The predicted octanol–water partition coefficient (Wildman–Crippen LogP) is -1.02. The Morgan fingerprint density at radius 1 is 1.62 bits per heavy atom. The van der Waals surface area contributed by atoms with Gasteiger partial charge in [-0.25, -0.2) is 0 Å². The van der Waals surface area contributed by atoms with Gasteiger partial charge >= 0.3 is 0 Å². The van der Waals surface area contributed by atoms with Crippen LogP contribution in [0.3, 0.4) is 0 Å². The van der Waals surface area contributed by atoms with Gasteiger partial charge in [-0.3, -0.25) is 14.6 Å². The molecular weight excluding hydrogens is 208 g/mol. The Balaban J connectivity index is 2.10. The molecule has 2 aliphatic heterocycles. The number of amides is 2. The molecule has 0 bridgehead atoms. The highest BCUT2D eigenvalue weighted by molar-refractivity contribution is 6.37. The molecule has 1 unspecified atom stereocenters. The van der Waals surface area contributed by atoms with Crippen molar-refractivity contribution in [2.45, 2.75) is 19.4 Å². The van der Waals surface area contributed by atoms with Crippen molar-refractivity contribution in [2.24, 2.45) is 10.7 Å². The highest BCUT2D eigenvalue weighted by Crippen LogP contribution is 2.21. The summed E-state index contributed by atoms with van der Waals surface area (Å²) >= 11 is 0. The van der Waals surface area contributed by atoms with Crippen molar-refractivity contribution in [3.05, 3.63) is 11.8 Å². The zero-order valence-corrected chi connectivity index (χ0v) is 9.06. The Hall–Kier alpha value is -1.85. The second-order valence-corrected chi connectivity index (χ2v) is 3.95. The first kappa shape index (κ1) is 10.7. The Bertz CT molecular complexity index is 400. The van der Waals surface area contributed by atoms with E-state index in [9.17, 15) is 9.59 Å². The van der Waals surface area contributed by atoms with Crippen LogP contribution in [0.5, 0.6) is 0 Å². The third kappa shape index (κ3) is 1.91. The molecule has 86 valence electrons. The standard InChI is InChI=1S/C10H14N4O2/c1-6(15)14-3-2-8-7(5-14)4-12-10(13-8)9(11)16/h4,8H,2-3,5H2,1H3,(H2,11,16)(H,12,13). The molecule has 6 heteroatoms. The van der Waals surface area contributed by atoms with E-state index in [1.165, 1.54) is 0 Å². The fourth-order valence-electron chi connectivity index (χ4n) is 1.92. The summed E-state index contributed by atoms with van der Waals surface area (Å²) in [5.74, 6) is -0.293. The van der Waals surface area contributed by atoms with Gasteiger partial charge in [0.1, 0.15) is 0 Å². The lowest BCUT2D eigenvalue weighted by atomic mass is 9.99. The molecule has 0 saturated carbocycles. The first-order valence-electron chi connectivity index (χ1n) is 5.16. The summed E-state index contributed by atoms with van der Waals surface area (Å²) in [6.07, 6.45) is 2.47. The van der Waals surface area contributed by atoms with Crippen LogP contribution in [-0.2, 0) is 9.59 Å². The molecule has 2 heterocycles. The van der Waals surface area contributed by atoms with Crippen molar-refractivity contribution in [3.63, 3.8) is 0 Å². The first-order chi connectivity index (χ1) is 7.58. The number of carbonyl (C=O) groups is 2. The monoisotopic (exact) mass is 222 g/mol. The largest absolute Gasteiger partial charge is 0.363 e. The molecule has 0 radical (unpaired) electrons. The number of hydrogen-bond donors (Lipinski definition) is 2. The minimum absolute atomic E-state index is 0.0145. The van der Waals surface area contributed by atoms with Crippen molar-refractivity contribution >= 4 is 17.6 Å². The molecule has 2 aliphatic rings. The zero-order chi connectivity index (χ0) is 11.7. The number of fused-ring (bicyclic) bond motifs is 1. The Labute approximate surface area is 93.2 Å². The van der Waals surface area contributed by atoms with Crippen LogP contribution in [0.2, 0.25) is 0 Å². The van der Waals surface area contributed by atoms with Gasteiger partial charge < -0.3 is 16.0 Å². The third-order valence-electron chi connectivity index (χ3n) is 2.83. The third-order valence-corrected chi connectivity index (χ3v) is 2.83. The van der Waals surface area contributed by atoms with E-state index in [4.69, 9.17) is 5.73 Å². The van der Waals surface area contributed by atoms with Crippen LogP contribution in [0, 0.1) is 0 Å². The number of nitrogens with zero attached hydrogens (tertiary/aromatic N) is 2. The quantitative estimate of drug-likeness (QED) is 0.595. The number of rotatable bonds is 1. The Kier molecular flexibility index (Phi) is 2.64. The lowest BCUT2D eigenvalue weighted by molar-refractivity contribution is -0.129. The highest BCUT2D eigenvalue weighted by atomic mass is 16.2. The second-order valence-electron chi connectivity index (χ2n) is 3.95. The molecule has 0 aromatic carbocycles. The van der Waals surface area contributed by atoms with Crippen molar-refractivity contribution in [1.82, 2.24) is 10.2 Å². The SMILES string of the molecule is CC(=O)N1CCC2N=C(C(N)=O)NC=C2C1. The molecule has 0 aliphatic carbocycles. The van der Waals surface area contributed by atoms with Gasteiger partial charge in [0.2, 0.25) is 5.91 Å². The van der Waals surface area contributed by atoms with Crippen LogP contribution in [-0.4, -0.2) is 41.7 Å². The van der Waals surface area contributed by atoms with Gasteiger partial charge in [0, 0.05) is 26.2 Å². The summed E-state index contributed by atoms with van der Waals surface area (Å²) in [7, 11) is 0. The van der Waals surface area contributed by atoms with Crippen LogP contribution in [0.1, 0.15) is 13.3 Å². The number of amidine groups is 1. The normalized spacial score (nSPS) is 23.8. The average molecular weight is 222 g/mol. The fraction of sp³-hybridized carbons (Fsp3) is 0.500. The number of nitrogens with two attached hydrogens (primary N) is 1. The summed E-state index contributed by atoms with van der Waals surface area (Å²) in [4.78, 5) is 28.1. The molecule has 0 aromatic heterocycles. The molecule has 1 atom stereocenters. The van der Waals surface area contributed by atoms with Crippen LogP contribution >= 0.6 is 0 Å². The van der Waals surface area contributed by atoms with Crippen molar-refractivity contribution in [3.8, 4) is 0 Å². The minimum atomic E-state index is -0.552. The Morgan fingerprint density at radius 3 is 3.00 bits per heavy atom. The molecule has 16 heavy (non-hydrogen) atoms. The van der Waals surface area contributed by atoms with E-state index in [2.05, 4.69) is 10.3 Å². The fourth-order valence-corrected chi connectivity index (χ4v) is 1.92. The van der Waals surface area contributed by atoms with Crippen LogP contribution in [0.15, 0.2) is 16.8 Å². The molecule has 0 spiro atoms. The summed E-state index contributed by atoms with van der Waals surface area (Å²) in [6, 6.07) is -0.0145. The van der Waals surface area contributed by atoms with E-state index in [-0.39, 0.29) is 17.8 Å². The zero-order valence-electron chi connectivity index (χ0n) is 9.06. The molecule has 0 aromatic rings. The maximum Gasteiger partial charge on any atom is 0.284 e. The van der Waals surface area contributed by atoms with Crippen LogP contribution in [0.4, 0.5) is 0 Å². The van der Waals surface area contributed by atoms with E-state index >= 15 is 0 Å². The van der Waals surface area contributed by atoms with E-state index in [0.29, 0.717) is 13.1 Å². The molecule has 2 rings (SSSR count). The number of likely N-dealkylation sites (tertiary alicyclic amines) is 1. The molecule has 6 nitrogen and oxygen atoms in total. The van der Waals surface area contributed by atoms with Crippen molar-refractivity contribution in [1.29, 1.82) is 0 Å². The smallest absolute Gasteiger partial charge is 0.284 e. The lowest BCUT2D eigenvalue weighted by Crippen LogP contribution is -2.45. The van der Waals surface area contributed by atoms with E-state index in [1.807, 2.05) is 0 Å². The summed E-state index contributed by atoms with van der Waals surface area (Å²) in [5.41, 5.74) is 6.16. The molecule has 1 saturated heterocycles. The Morgan fingerprint density at radius 2 is 2.38 bits per heavy atom. The molecule has 2 amide bonds. The van der Waals surface area contributed by atoms with Gasteiger partial charge in [0.05, 0.1) is 6.04 Å². The summed E-state index contributed by atoms with van der Waals surface area (Å²) in [5, 5.41) is 2.75. The summed E-state index contributed by atoms with van der Waals surface area (Å²) < 4.78 is 0. The maximum atomic E-state index is 11.2. The topological polar surface area (TPSA) is 87.8 Å². The minimum Gasteiger partial charge on any atom is -0.363 e. The van der Waals surface area contributed by atoms with Gasteiger partial charge in [0.15, 0.2) is 5.84 Å². The van der Waals surface area contributed by atoms with Gasteiger partial charge in [-0.15, -0.1) is 0 Å². The van der Waals surface area contributed by atoms with Crippen molar-refractivity contribution < 1.29 is 9.59 Å². The lowest BCUT2D eigenvalue weighted by Gasteiger charge is -2.33. The van der Waals surface area contributed by atoms with Gasteiger partial charge in [0.25, 0.3) is 5.91 Å². The van der Waals surface area contributed by atoms with Gasteiger partial charge in [-0.1, -0.05) is 0 Å². The number of carbonyl (C=O) groups excluding carboxylic acids is 2. The van der Waals surface area contributed by atoms with Gasteiger partial charge in [-0.05, 0) is 12.0 Å². The highest BCUT2D eigenvalue weighted by Gasteiger charge is 2.28. The number of nitrogens with one attached hydrogen (secondary N) is 1. The van der Waals surface area contributed by atoms with Crippen LogP contribution < -0.4 is 11.1 Å².